The number of hydrogen-bond donors (Lipinski definition) is 0. The van der Waals surface area contributed by atoms with Crippen molar-refractivity contribution in [3.8, 4) is 0 Å². The van der Waals surface area contributed by atoms with Crippen LogP contribution in [0.25, 0.3) is 0 Å². The second kappa shape index (κ2) is 36.7. The molecule has 0 unspecified atom stereocenters. The summed E-state index contributed by atoms with van der Waals surface area (Å²) in [5.74, 6) is 0.0110. The van der Waals surface area contributed by atoms with Gasteiger partial charge in [-0.25, -0.2) is 0 Å². The van der Waals surface area contributed by atoms with Gasteiger partial charge in [0.1, 0.15) is 6.10 Å². The molecule has 0 N–H and O–H groups in total. The van der Waals surface area contributed by atoms with Crippen molar-refractivity contribution in [2.24, 2.45) is 0 Å². The summed E-state index contributed by atoms with van der Waals surface area (Å²) in [5, 5.41) is 0. The Morgan fingerprint density at radius 2 is 0.826 bits per heavy atom. The van der Waals surface area contributed by atoms with Gasteiger partial charge in [0, 0.05) is 12.8 Å². The van der Waals surface area contributed by atoms with Gasteiger partial charge >= 0.3 is 11.9 Å². The van der Waals surface area contributed by atoms with Gasteiger partial charge in [-0.1, -0.05) is 149 Å². The van der Waals surface area contributed by atoms with Crippen molar-refractivity contribution in [1.29, 1.82) is 0 Å². The van der Waals surface area contributed by atoms with E-state index in [0.29, 0.717) is 19.4 Å². The summed E-state index contributed by atoms with van der Waals surface area (Å²) in [6, 6.07) is 0. The fourth-order valence-electron chi connectivity index (χ4n) is 6.25. The molecule has 0 radical (unpaired) electrons. The van der Waals surface area contributed by atoms with E-state index in [2.05, 4.69) is 32.7 Å². The Morgan fingerprint density at radius 1 is 0.457 bits per heavy atom. The van der Waals surface area contributed by atoms with Gasteiger partial charge in [0.15, 0.2) is 0 Å². The zero-order valence-corrected chi connectivity index (χ0v) is 31.7. The molecule has 0 bridgehead atoms. The first kappa shape index (κ1) is 44.9. The maximum absolute atomic E-state index is 12.6. The number of carbonyl (C=O) groups excluding carboxylic acids is 2. The summed E-state index contributed by atoms with van der Waals surface area (Å²) < 4.78 is 11.4. The molecule has 0 aliphatic heterocycles. The predicted molar refractivity (Wildman–Crippen MR) is 198 cm³/mol. The Bertz CT molecular complexity index is 624. The molecule has 0 aliphatic rings. The molecule has 5 heteroatoms. The van der Waals surface area contributed by atoms with E-state index < -0.39 is 0 Å². The van der Waals surface area contributed by atoms with Crippen LogP contribution in [-0.2, 0) is 19.1 Å². The van der Waals surface area contributed by atoms with E-state index in [4.69, 9.17) is 9.47 Å². The molecule has 0 saturated heterocycles. The molecule has 0 rings (SSSR count). The Labute approximate surface area is 288 Å². The molecule has 0 spiro atoms. The number of nitrogens with zero attached hydrogens (tertiary/aromatic N) is 1. The number of rotatable bonds is 37. The molecular weight excluding hydrogens is 570 g/mol. The summed E-state index contributed by atoms with van der Waals surface area (Å²) in [4.78, 5) is 27.0. The maximum Gasteiger partial charge on any atom is 0.306 e. The average molecular weight is 652 g/mol. The Kier molecular flexibility index (Phi) is 35.9. The van der Waals surface area contributed by atoms with E-state index in [1.54, 1.807) is 0 Å². The lowest BCUT2D eigenvalue weighted by molar-refractivity contribution is -0.150. The Hall–Kier alpha value is -1.10. The molecule has 0 aliphatic carbocycles. The van der Waals surface area contributed by atoms with Crippen LogP contribution in [0, 0.1) is 0 Å². The van der Waals surface area contributed by atoms with Crippen molar-refractivity contribution in [3.63, 3.8) is 0 Å². The van der Waals surface area contributed by atoms with Crippen LogP contribution in [0.5, 0.6) is 0 Å². The van der Waals surface area contributed by atoms with Gasteiger partial charge in [0.2, 0.25) is 0 Å². The lowest BCUT2D eigenvalue weighted by Gasteiger charge is -2.18. The normalized spacial score (nSPS) is 11.5. The standard InChI is InChI=1S/C41H81NO4/c1-5-8-11-14-17-23-31-38-45-40(43)34-27-21-18-22-29-36-42(4)37-30-24-28-35-41(44)46-39(32-25-19-15-12-9-6-2)33-26-20-16-13-10-7-3/h39H,5-38H2,1-4H3. The van der Waals surface area contributed by atoms with Gasteiger partial charge < -0.3 is 14.4 Å². The van der Waals surface area contributed by atoms with Gasteiger partial charge in [-0.15, -0.1) is 0 Å². The number of carbonyl (C=O) groups is 2. The van der Waals surface area contributed by atoms with Crippen molar-refractivity contribution >= 4 is 11.9 Å². The molecule has 0 atom stereocenters. The van der Waals surface area contributed by atoms with Gasteiger partial charge in [0.05, 0.1) is 6.61 Å². The molecule has 5 nitrogen and oxygen atoms in total. The summed E-state index contributed by atoms with van der Waals surface area (Å²) in [5.41, 5.74) is 0. The van der Waals surface area contributed by atoms with E-state index in [9.17, 15) is 9.59 Å². The van der Waals surface area contributed by atoms with Crippen LogP contribution in [0.2, 0.25) is 0 Å². The fourth-order valence-corrected chi connectivity index (χ4v) is 6.25. The van der Waals surface area contributed by atoms with Crippen molar-refractivity contribution < 1.29 is 19.1 Å². The summed E-state index contributed by atoms with van der Waals surface area (Å²) in [6.45, 7) is 9.59. The van der Waals surface area contributed by atoms with Gasteiger partial charge in [-0.05, 0) is 77.9 Å². The van der Waals surface area contributed by atoms with E-state index in [0.717, 1.165) is 64.5 Å². The van der Waals surface area contributed by atoms with E-state index in [1.165, 1.54) is 135 Å². The molecule has 0 heterocycles. The zero-order valence-electron chi connectivity index (χ0n) is 31.7. The lowest BCUT2D eigenvalue weighted by Crippen LogP contribution is -2.21. The summed E-state index contributed by atoms with van der Waals surface area (Å²) in [7, 11) is 2.21. The van der Waals surface area contributed by atoms with Crippen molar-refractivity contribution in [3.05, 3.63) is 0 Å². The van der Waals surface area contributed by atoms with Gasteiger partial charge in [-0.3, -0.25) is 9.59 Å². The van der Waals surface area contributed by atoms with E-state index in [1.807, 2.05) is 0 Å². The van der Waals surface area contributed by atoms with Crippen LogP contribution >= 0.6 is 0 Å². The molecular formula is C41H81NO4. The fraction of sp³-hybridized carbons (Fsp3) is 0.951. The third-order valence-electron chi connectivity index (χ3n) is 9.41. The van der Waals surface area contributed by atoms with E-state index >= 15 is 0 Å². The predicted octanol–water partition coefficient (Wildman–Crippen LogP) is 12.5. The third-order valence-corrected chi connectivity index (χ3v) is 9.41. The highest BCUT2D eigenvalue weighted by atomic mass is 16.5. The molecule has 0 fully saturated rings. The first-order valence-corrected chi connectivity index (χ1v) is 20.6. The smallest absolute Gasteiger partial charge is 0.306 e. The molecule has 46 heavy (non-hydrogen) atoms. The summed E-state index contributed by atoms with van der Waals surface area (Å²) in [6.07, 6.45) is 36.5. The molecule has 0 aromatic carbocycles. The molecule has 0 aromatic rings. The summed E-state index contributed by atoms with van der Waals surface area (Å²) >= 11 is 0. The van der Waals surface area contributed by atoms with Crippen LogP contribution in [0.3, 0.4) is 0 Å². The number of ether oxygens (including phenoxy) is 2. The number of esters is 2. The average Bonchev–Trinajstić information content (AvgIpc) is 3.04. The Morgan fingerprint density at radius 3 is 1.33 bits per heavy atom. The van der Waals surface area contributed by atoms with Crippen LogP contribution in [0.1, 0.15) is 220 Å². The second-order valence-corrected chi connectivity index (χ2v) is 14.2. The highest BCUT2D eigenvalue weighted by Gasteiger charge is 2.14. The molecule has 274 valence electrons. The van der Waals surface area contributed by atoms with E-state index in [-0.39, 0.29) is 18.0 Å². The highest BCUT2D eigenvalue weighted by Crippen LogP contribution is 2.18. The van der Waals surface area contributed by atoms with Gasteiger partial charge in [-0.2, -0.15) is 0 Å². The number of unbranched alkanes of at least 4 members (excludes halogenated alkanes) is 22. The van der Waals surface area contributed by atoms with Crippen LogP contribution in [0.4, 0.5) is 0 Å². The first-order chi connectivity index (χ1) is 22.5. The minimum Gasteiger partial charge on any atom is -0.466 e. The van der Waals surface area contributed by atoms with Crippen molar-refractivity contribution in [1.82, 2.24) is 4.90 Å². The molecule has 0 saturated carbocycles. The highest BCUT2D eigenvalue weighted by molar-refractivity contribution is 5.69. The second-order valence-electron chi connectivity index (χ2n) is 14.2. The number of hydrogen-bond acceptors (Lipinski definition) is 5. The maximum atomic E-state index is 12.6. The van der Waals surface area contributed by atoms with Crippen LogP contribution in [0.15, 0.2) is 0 Å². The monoisotopic (exact) mass is 652 g/mol. The zero-order chi connectivity index (χ0) is 33.8. The molecule has 0 amide bonds. The van der Waals surface area contributed by atoms with Crippen molar-refractivity contribution in [2.45, 2.75) is 226 Å². The largest absolute Gasteiger partial charge is 0.466 e. The first-order valence-electron chi connectivity index (χ1n) is 20.6. The quantitative estimate of drug-likeness (QED) is 0.0494. The Balaban J connectivity index is 3.80. The van der Waals surface area contributed by atoms with Crippen LogP contribution < -0.4 is 0 Å². The van der Waals surface area contributed by atoms with Gasteiger partial charge in [0.25, 0.3) is 0 Å². The topological polar surface area (TPSA) is 55.8 Å². The minimum absolute atomic E-state index is 0.0138. The minimum atomic E-state index is -0.0138. The SMILES string of the molecule is CCCCCCCCCOC(=O)CCCCCCCN(C)CCCCCC(=O)OC(CCCCCCCC)CCCCCCCC. The lowest BCUT2D eigenvalue weighted by atomic mass is 10.0. The molecule has 0 aromatic heterocycles. The third kappa shape index (κ3) is 34.2. The van der Waals surface area contributed by atoms with Crippen LogP contribution in [-0.4, -0.2) is 49.7 Å². The van der Waals surface area contributed by atoms with Crippen molar-refractivity contribution in [2.75, 3.05) is 26.7 Å².